The summed E-state index contributed by atoms with van der Waals surface area (Å²) in [6.07, 6.45) is 2.48. The van der Waals surface area contributed by atoms with Crippen LogP contribution in [0.1, 0.15) is 32.3 Å². The normalized spacial score (nSPS) is 20.8. The number of halogens is 1. The lowest BCUT2D eigenvalue weighted by Crippen LogP contribution is -2.49. The summed E-state index contributed by atoms with van der Waals surface area (Å²) in [6.45, 7) is 10.8. The van der Waals surface area contributed by atoms with Crippen molar-refractivity contribution in [2.24, 2.45) is 4.99 Å². The van der Waals surface area contributed by atoms with Crippen LogP contribution in [0.15, 0.2) is 35.3 Å². The highest BCUT2D eigenvalue weighted by Gasteiger charge is 2.43. The zero-order chi connectivity index (χ0) is 17.5. The number of ether oxygens (including phenoxy) is 1. The average Bonchev–Trinajstić information content (AvgIpc) is 3.46. The van der Waals surface area contributed by atoms with Crippen molar-refractivity contribution in [3.63, 3.8) is 0 Å². The number of aliphatic imine (C=N–C) groups is 1. The predicted octanol–water partition coefficient (Wildman–Crippen LogP) is 2.61. The third-order valence-electron chi connectivity index (χ3n) is 5.36. The van der Waals surface area contributed by atoms with Crippen LogP contribution in [0.5, 0.6) is 0 Å². The van der Waals surface area contributed by atoms with Crippen LogP contribution >= 0.6 is 24.0 Å². The second-order valence-corrected chi connectivity index (χ2v) is 7.22. The van der Waals surface area contributed by atoms with Crippen molar-refractivity contribution in [2.75, 3.05) is 45.9 Å². The van der Waals surface area contributed by atoms with Gasteiger partial charge in [-0.25, -0.2) is 0 Å². The molecule has 0 amide bonds. The number of hydrogen-bond acceptors (Lipinski definition) is 3. The largest absolute Gasteiger partial charge is 0.379 e. The van der Waals surface area contributed by atoms with Crippen LogP contribution in [0.3, 0.4) is 0 Å². The highest BCUT2D eigenvalue weighted by Crippen LogP contribution is 2.48. The van der Waals surface area contributed by atoms with E-state index in [4.69, 9.17) is 9.73 Å². The van der Waals surface area contributed by atoms with Gasteiger partial charge < -0.3 is 15.4 Å². The van der Waals surface area contributed by atoms with Crippen molar-refractivity contribution in [1.29, 1.82) is 0 Å². The molecule has 1 saturated carbocycles. The monoisotopic (exact) mass is 472 g/mol. The molecule has 2 N–H and O–H groups in total. The Morgan fingerprint density at radius 3 is 2.50 bits per heavy atom. The maximum Gasteiger partial charge on any atom is 0.191 e. The Labute approximate surface area is 175 Å². The summed E-state index contributed by atoms with van der Waals surface area (Å²) in [5.41, 5.74) is 1.69. The molecule has 2 aliphatic rings. The zero-order valence-electron chi connectivity index (χ0n) is 16.0. The fourth-order valence-electron chi connectivity index (χ4n) is 3.44. The molecule has 0 bridgehead atoms. The van der Waals surface area contributed by atoms with Crippen molar-refractivity contribution in [3.8, 4) is 0 Å². The molecular weight excluding hydrogens is 439 g/mol. The maximum absolute atomic E-state index is 5.44. The van der Waals surface area contributed by atoms with E-state index in [0.29, 0.717) is 6.04 Å². The molecule has 0 spiro atoms. The van der Waals surface area contributed by atoms with Crippen LogP contribution in [0.2, 0.25) is 0 Å². The Hall–Kier alpha value is -0.860. The van der Waals surface area contributed by atoms with Gasteiger partial charge in [0.2, 0.25) is 0 Å². The van der Waals surface area contributed by atoms with E-state index >= 15 is 0 Å². The van der Waals surface area contributed by atoms with E-state index in [1.807, 2.05) is 0 Å². The first-order valence-corrected chi connectivity index (χ1v) is 9.63. The van der Waals surface area contributed by atoms with Crippen LogP contribution in [-0.4, -0.2) is 62.8 Å². The number of hydrogen-bond donors (Lipinski definition) is 2. The molecule has 1 aliphatic heterocycles. The molecular formula is C20H33IN4O. The van der Waals surface area contributed by atoms with Crippen LogP contribution in [0, 0.1) is 0 Å². The summed E-state index contributed by atoms with van der Waals surface area (Å²) in [4.78, 5) is 7.37. The Morgan fingerprint density at radius 2 is 1.88 bits per heavy atom. The first kappa shape index (κ1) is 21.4. The van der Waals surface area contributed by atoms with E-state index in [2.05, 4.69) is 59.7 Å². The molecule has 26 heavy (non-hydrogen) atoms. The highest BCUT2D eigenvalue weighted by atomic mass is 127. The van der Waals surface area contributed by atoms with Gasteiger partial charge in [-0.2, -0.15) is 0 Å². The quantitative estimate of drug-likeness (QED) is 0.364. The lowest BCUT2D eigenvalue weighted by Gasteiger charge is -2.32. The molecule has 1 saturated heterocycles. The van der Waals surface area contributed by atoms with Crippen LogP contribution in [-0.2, 0) is 10.2 Å². The lowest BCUT2D eigenvalue weighted by molar-refractivity contribution is 0.0211. The standard InChI is InChI=1S/C20H32N4O.HI/c1-3-21-19(22-15-17(2)24-11-13-25-14-12-24)23-16-20(9-10-20)18-7-5-4-6-8-18;/h4-8,17H,3,9-16H2,1-2H3,(H2,21,22,23);1H. The smallest absolute Gasteiger partial charge is 0.191 e. The van der Waals surface area contributed by atoms with Gasteiger partial charge in [0.1, 0.15) is 0 Å². The Balaban J connectivity index is 0.00000243. The van der Waals surface area contributed by atoms with E-state index in [1.54, 1.807) is 0 Å². The fraction of sp³-hybridized carbons (Fsp3) is 0.650. The molecule has 1 aromatic rings. The van der Waals surface area contributed by atoms with Crippen molar-refractivity contribution < 1.29 is 4.74 Å². The molecule has 6 heteroatoms. The minimum absolute atomic E-state index is 0. The summed E-state index contributed by atoms with van der Waals surface area (Å²) in [5.74, 6) is 0.935. The lowest BCUT2D eigenvalue weighted by atomic mass is 9.96. The van der Waals surface area contributed by atoms with E-state index < -0.39 is 0 Å². The van der Waals surface area contributed by atoms with E-state index in [1.165, 1.54) is 18.4 Å². The number of rotatable bonds is 7. The van der Waals surface area contributed by atoms with Gasteiger partial charge in [-0.05, 0) is 32.3 Å². The Bertz CT molecular complexity index is 556. The van der Waals surface area contributed by atoms with Gasteiger partial charge in [0.05, 0.1) is 19.8 Å². The molecule has 1 aromatic carbocycles. The minimum atomic E-state index is 0. The average molecular weight is 472 g/mol. The van der Waals surface area contributed by atoms with Gasteiger partial charge in [0.15, 0.2) is 5.96 Å². The molecule has 1 heterocycles. The molecule has 1 aliphatic carbocycles. The first-order chi connectivity index (χ1) is 12.2. The van der Waals surface area contributed by atoms with Crippen LogP contribution < -0.4 is 10.6 Å². The predicted molar refractivity (Wildman–Crippen MR) is 119 cm³/mol. The van der Waals surface area contributed by atoms with Crippen LogP contribution in [0.4, 0.5) is 0 Å². The van der Waals surface area contributed by atoms with Crippen molar-refractivity contribution in [2.45, 2.75) is 38.1 Å². The molecule has 0 radical (unpaired) electrons. The molecule has 0 aromatic heterocycles. The summed E-state index contributed by atoms with van der Waals surface area (Å²) in [7, 11) is 0. The summed E-state index contributed by atoms with van der Waals surface area (Å²) in [6, 6.07) is 11.3. The van der Waals surface area contributed by atoms with Gasteiger partial charge in [0.25, 0.3) is 0 Å². The van der Waals surface area contributed by atoms with E-state index in [9.17, 15) is 0 Å². The molecule has 5 nitrogen and oxygen atoms in total. The summed E-state index contributed by atoms with van der Waals surface area (Å²) in [5, 5.41) is 6.91. The van der Waals surface area contributed by atoms with Crippen molar-refractivity contribution >= 4 is 29.9 Å². The van der Waals surface area contributed by atoms with E-state index in [0.717, 1.165) is 51.9 Å². The second kappa shape index (κ2) is 10.5. The highest BCUT2D eigenvalue weighted by molar-refractivity contribution is 14.0. The SMILES string of the molecule is CCNC(=NCC1(c2ccccc2)CC1)NCC(C)N1CCOCC1.I. The van der Waals surface area contributed by atoms with Crippen molar-refractivity contribution in [3.05, 3.63) is 35.9 Å². The molecule has 1 atom stereocenters. The van der Waals surface area contributed by atoms with Gasteiger partial charge in [-0.1, -0.05) is 30.3 Å². The Morgan fingerprint density at radius 1 is 1.19 bits per heavy atom. The molecule has 2 fully saturated rings. The number of guanidine groups is 1. The second-order valence-electron chi connectivity index (χ2n) is 7.22. The minimum Gasteiger partial charge on any atom is -0.379 e. The topological polar surface area (TPSA) is 48.9 Å². The fourth-order valence-corrected chi connectivity index (χ4v) is 3.44. The van der Waals surface area contributed by atoms with Gasteiger partial charge in [-0.3, -0.25) is 9.89 Å². The molecule has 1 unspecified atom stereocenters. The van der Waals surface area contributed by atoms with Gasteiger partial charge >= 0.3 is 0 Å². The zero-order valence-corrected chi connectivity index (χ0v) is 18.4. The first-order valence-electron chi connectivity index (χ1n) is 9.63. The van der Waals surface area contributed by atoms with Crippen LogP contribution in [0.25, 0.3) is 0 Å². The third kappa shape index (κ3) is 5.82. The van der Waals surface area contributed by atoms with Crippen molar-refractivity contribution in [1.82, 2.24) is 15.5 Å². The molecule has 3 rings (SSSR count). The number of benzene rings is 1. The van der Waals surface area contributed by atoms with Gasteiger partial charge in [-0.15, -0.1) is 24.0 Å². The number of nitrogens with one attached hydrogen (secondary N) is 2. The Kier molecular flexibility index (Phi) is 8.63. The maximum atomic E-state index is 5.44. The number of morpholine rings is 1. The summed E-state index contributed by atoms with van der Waals surface area (Å²) >= 11 is 0. The van der Waals surface area contributed by atoms with E-state index in [-0.39, 0.29) is 29.4 Å². The summed E-state index contributed by atoms with van der Waals surface area (Å²) < 4.78 is 5.44. The third-order valence-corrected chi connectivity index (χ3v) is 5.36. The number of nitrogens with zero attached hydrogens (tertiary/aromatic N) is 2. The molecule has 146 valence electrons. The van der Waals surface area contributed by atoms with Gasteiger partial charge in [0, 0.05) is 37.6 Å².